The lowest BCUT2D eigenvalue weighted by Crippen LogP contribution is -2.03. The van der Waals surface area contributed by atoms with E-state index in [1.54, 1.807) is 17.0 Å². The van der Waals surface area contributed by atoms with Gasteiger partial charge in [0.15, 0.2) is 0 Å². The van der Waals surface area contributed by atoms with Crippen molar-refractivity contribution in [2.45, 2.75) is 6.54 Å². The van der Waals surface area contributed by atoms with Crippen molar-refractivity contribution < 1.29 is 8.78 Å². The van der Waals surface area contributed by atoms with Gasteiger partial charge in [-0.1, -0.05) is 0 Å². The molecular weight excluding hydrogens is 266 g/mol. The monoisotopic (exact) mass is 272 g/mol. The standard InChI is InChI=1S/C10H7BrF2N2/c11-8-1-2-9(12)7(10(8)13)5-15-4-3-14-6-15/h1-4,6H,5H2. The Labute approximate surface area is 93.7 Å². The van der Waals surface area contributed by atoms with Crippen LogP contribution in [0.2, 0.25) is 0 Å². The summed E-state index contributed by atoms with van der Waals surface area (Å²) in [6, 6.07) is 2.58. The number of imidazole rings is 1. The van der Waals surface area contributed by atoms with Crippen LogP contribution in [-0.2, 0) is 6.54 Å². The first-order valence-electron chi connectivity index (χ1n) is 4.26. The van der Waals surface area contributed by atoms with Gasteiger partial charge in [0.1, 0.15) is 11.6 Å². The van der Waals surface area contributed by atoms with Gasteiger partial charge in [-0.2, -0.15) is 0 Å². The molecule has 0 aliphatic carbocycles. The van der Waals surface area contributed by atoms with Gasteiger partial charge in [-0.25, -0.2) is 13.8 Å². The van der Waals surface area contributed by atoms with Crippen LogP contribution >= 0.6 is 15.9 Å². The third kappa shape index (κ3) is 2.07. The Hall–Kier alpha value is -1.23. The Morgan fingerprint density at radius 1 is 1.33 bits per heavy atom. The minimum Gasteiger partial charge on any atom is -0.333 e. The van der Waals surface area contributed by atoms with Crippen LogP contribution in [0.4, 0.5) is 8.78 Å². The molecule has 1 aromatic heterocycles. The molecule has 0 amide bonds. The molecule has 2 nitrogen and oxygen atoms in total. The first kappa shape index (κ1) is 10.3. The molecule has 0 spiro atoms. The molecule has 0 bridgehead atoms. The molecule has 15 heavy (non-hydrogen) atoms. The Kier molecular flexibility index (Phi) is 2.81. The van der Waals surface area contributed by atoms with Crippen molar-refractivity contribution in [2.24, 2.45) is 0 Å². The van der Waals surface area contributed by atoms with Crippen molar-refractivity contribution in [2.75, 3.05) is 0 Å². The minimum absolute atomic E-state index is 0.0300. The average Bonchev–Trinajstić information content (AvgIpc) is 2.71. The molecular formula is C10H7BrF2N2. The highest BCUT2D eigenvalue weighted by molar-refractivity contribution is 9.10. The van der Waals surface area contributed by atoms with Crippen LogP contribution in [0, 0.1) is 11.6 Å². The average molecular weight is 273 g/mol. The largest absolute Gasteiger partial charge is 0.333 e. The van der Waals surface area contributed by atoms with Crippen LogP contribution in [0.15, 0.2) is 35.3 Å². The lowest BCUT2D eigenvalue weighted by atomic mass is 10.2. The van der Waals surface area contributed by atoms with E-state index >= 15 is 0 Å². The Balaban J connectivity index is 2.39. The predicted octanol–water partition coefficient (Wildman–Crippen LogP) is 2.97. The molecule has 1 aromatic carbocycles. The highest BCUT2D eigenvalue weighted by Crippen LogP contribution is 2.22. The number of nitrogens with zero attached hydrogens (tertiary/aromatic N) is 2. The van der Waals surface area contributed by atoms with Crippen molar-refractivity contribution in [3.8, 4) is 0 Å². The fourth-order valence-electron chi connectivity index (χ4n) is 1.28. The number of halogens is 3. The number of hydrogen-bond acceptors (Lipinski definition) is 1. The summed E-state index contributed by atoms with van der Waals surface area (Å²) in [7, 11) is 0. The summed E-state index contributed by atoms with van der Waals surface area (Å²) in [5, 5.41) is 0. The highest BCUT2D eigenvalue weighted by atomic mass is 79.9. The summed E-state index contributed by atoms with van der Waals surface area (Å²) in [6.45, 7) is 0.136. The SMILES string of the molecule is Fc1ccc(Br)c(F)c1Cn1ccnc1. The van der Waals surface area contributed by atoms with E-state index in [1.165, 1.54) is 18.5 Å². The van der Waals surface area contributed by atoms with E-state index in [9.17, 15) is 8.78 Å². The van der Waals surface area contributed by atoms with Crippen molar-refractivity contribution in [3.63, 3.8) is 0 Å². The zero-order valence-electron chi connectivity index (χ0n) is 7.62. The van der Waals surface area contributed by atoms with Gasteiger partial charge < -0.3 is 4.57 Å². The number of hydrogen-bond donors (Lipinski definition) is 0. The number of aromatic nitrogens is 2. The van der Waals surface area contributed by atoms with Crippen molar-refractivity contribution in [1.29, 1.82) is 0 Å². The quantitative estimate of drug-likeness (QED) is 0.769. The first-order chi connectivity index (χ1) is 7.18. The molecule has 2 aromatic rings. The topological polar surface area (TPSA) is 17.8 Å². The normalized spacial score (nSPS) is 10.6. The number of benzene rings is 1. The molecule has 0 radical (unpaired) electrons. The van der Waals surface area contributed by atoms with Gasteiger partial charge in [-0.05, 0) is 28.1 Å². The summed E-state index contributed by atoms with van der Waals surface area (Å²) < 4.78 is 28.7. The van der Waals surface area contributed by atoms with Gasteiger partial charge in [0.2, 0.25) is 0 Å². The van der Waals surface area contributed by atoms with Crippen LogP contribution < -0.4 is 0 Å². The van der Waals surface area contributed by atoms with Gasteiger partial charge >= 0.3 is 0 Å². The van der Waals surface area contributed by atoms with Gasteiger partial charge in [0.25, 0.3) is 0 Å². The van der Waals surface area contributed by atoms with E-state index in [-0.39, 0.29) is 16.6 Å². The third-order valence-electron chi connectivity index (χ3n) is 2.04. The molecule has 5 heteroatoms. The smallest absolute Gasteiger partial charge is 0.145 e. The molecule has 78 valence electrons. The molecule has 0 N–H and O–H groups in total. The van der Waals surface area contributed by atoms with Crippen molar-refractivity contribution >= 4 is 15.9 Å². The lowest BCUT2D eigenvalue weighted by Gasteiger charge is -2.06. The maximum absolute atomic E-state index is 13.5. The molecule has 1 heterocycles. The van der Waals surface area contributed by atoms with E-state index in [1.807, 2.05) is 0 Å². The molecule has 0 atom stereocenters. The van der Waals surface area contributed by atoms with Gasteiger partial charge in [-0.3, -0.25) is 0 Å². The maximum atomic E-state index is 13.5. The molecule has 0 saturated carbocycles. The first-order valence-corrected chi connectivity index (χ1v) is 5.06. The molecule has 2 rings (SSSR count). The molecule has 0 unspecified atom stereocenters. The lowest BCUT2D eigenvalue weighted by molar-refractivity contribution is 0.540. The zero-order chi connectivity index (χ0) is 10.8. The summed E-state index contributed by atoms with van der Waals surface area (Å²) in [5.41, 5.74) is 0.0300. The molecule has 0 aliphatic heterocycles. The van der Waals surface area contributed by atoms with E-state index in [4.69, 9.17) is 0 Å². The van der Waals surface area contributed by atoms with Crippen LogP contribution in [0.1, 0.15) is 5.56 Å². The highest BCUT2D eigenvalue weighted by Gasteiger charge is 2.12. The maximum Gasteiger partial charge on any atom is 0.145 e. The summed E-state index contributed by atoms with van der Waals surface area (Å²) in [5.74, 6) is -1.12. The fraction of sp³-hybridized carbons (Fsp3) is 0.100. The van der Waals surface area contributed by atoms with Crippen molar-refractivity contribution in [1.82, 2.24) is 9.55 Å². The summed E-state index contributed by atoms with van der Waals surface area (Å²) in [6.07, 6.45) is 4.73. The summed E-state index contributed by atoms with van der Waals surface area (Å²) >= 11 is 3.02. The number of rotatable bonds is 2. The van der Waals surface area contributed by atoms with Crippen LogP contribution in [-0.4, -0.2) is 9.55 Å². The zero-order valence-corrected chi connectivity index (χ0v) is 9.21. The van der Waals surface area contributed by atoms with Gasteiger partial charge in [-0.15, -0.1) is 0 Å². The molecule has 0 fully saturated rings. The van der Waals surface area contributed by atoms with E-state index in [2.05, 4.69) is 20.9 Å². The van der Waals surface area contributed by atoms with E-state index < -0.39 is 11.6 Å². The summed E-state index contributed by atoms with van der Waals surface area (Å²) in [4.78, 5) is 3.81. The van der Waals surface area contributed by atoms with Gasteiger partial charge in [0, 0.05) is 18.0 Å². The fourth-order valence-corrected chi connectivity index (χ4v) is 1.65. The predicted molar refractivity (Wildman–Crippen MR) is 55.4 cm³/mol. The van der Waals surface area contributed by atoms with Gasteiger partial charge in [0.05, 0.1) is 17.3 Å². The van der Waals surface area contributed by atoms with Crippen molar-refractivity contribution in [3.05, 3.63) is 52.5 Å². The second kappa shape index (κ2) is 4.10. The molecule has 0 saturated heterocycles. The van der Waals surface area contributed by atoms with Crippen LogP contribution in [0.3, 0.4) is 0 Å². The second-order valence-corrected chi connectivity index (χ2v) is 3.91. The Bertz CT molecular complexity index is 469. The molecule has 0 aliphatic rings. The third-order valence-corrected chi connectivity index (χ3v) is 2.65. The minimum atomic E-state index is -0.566. The van der Waals surface area contributed by atoms with E-state index in [0.29, 0.717) is 0 Å². The second-order valence-electron chi connectivity index (χ2n) is 3.06. The van der Waals surface area contributed by atoms with Crippen LogP contribution in [0.25, 0.3) is 0 Å². The van der Waals surface area contributed by atoms with Crippen LogP contribution in [0.5, 0.6) is 0 Å². The Morgan fingerprint density at radius 2 is 2.13 bits per heavy atom. The Morgan fingerprint density at radius 3 is 2.80 bits per heavy atom. The van der Waals surface area contributed by atoms with E-state index in [0.717, 1.165) is 0 Å².